The third-order valence-corrected chi connectivity index (χ3v) is 2.86. The minimum atomic E-state index is 0.523. The highest BCUT2D eigenvalue weighted by Gasteiger charge is 2.00. The predicted octanol–water partition coefficient (Wildman–Crippen LogP) is 3.21. The van der Waals surface area contributed by atoms with Crippen LogP contribution < -0.4 is 0 Å². The number of benzene rings is 1. The molecule has 0 radical (unpaired) electrons. The Morgan fingerprint density at radius 2 is 1.89 bits per heavy atom. The Morgan fingerprint density at radius 3 is 2.78 bits per heavy atom. The summed E-state index contributed by atoms with van der Waals surface area (Å²) in [5.74, 6) is 0. The molecule has 2 heterocycles. The summed E-state index contributed by atoms with van der Waals surface area (Å²) >= 11 is 0. The minimum Gasteiger partial charge on any atom is -0.356 e. The van der Waals surface area contributed by atoms with Crippen LogP contribution in [0.3, 0.4) is 0 Å². The van der Waals surface area contributed by atoms with Crippen LogP contribution in [-0.2, 0) is 18.1 Å². The summed E-state index contributed by atoms with van der Waals surface area (Å²) in [5.41, 5.74) is 2.15. The number of fused-ring (bicyclic) bond motifs is 1. The Bertz CT molecular complexity index is 631. The lowest BCUT2D eigenvalue weighted by Gasteiger charge is -2.06. The summed E-state index contributed by atoms with van der Waals surface area (Å²) in [7, 11) is 0. The third kappa shape index (κ3) is 2.26. The Balaban J connectivity index is 1.67. The summed E-state index contributed by atoms with van der Waals surface area (Å²) < 4.78 is 7.71. The van der Waals surface area contributed by atoms with E-state index in [1.165, 1.54) is 5.56 Å². The van der Waals surface area contributed by atoms with Crippen LogP contribution in [0, 0.1) is 0 Å². The topological polar surface area (TPSA) is 27.1 Å². The minimum absolute atomic E-state index is 0.523. The average molecular weight is 238 g/mol. The molecule has 0 fully saturated rings. The first-order chi connectivity index (χ1) is 8.93. The maximum absolute atomic E-state index is 5.70. The highest BCUT2D eigenvalue weighted by Crippen LogP contribution is 2.12. The van der Waals surface area contributed by atoms with Gasteiger partial charge in [0.25, 0.3) is 0 Å². The molecular weight excluding hydrogens is 224 g/mol. The van der Waals surface area contributed by atoms with Gasteiger partial charge in [0.1, 0.15) is 12.4 Å². The van der Waals surface area contributed by atoms with E-state index in [-0.39, 0.29) is 0 Å². The number of rotatable bonds is 4. The van der Waals surface area contributed by atoms with Gasteiger partial charge in [0.05, 0.1) is 6.61 Å². The normalized spacial score (nSPS) is 10.9. The maximum atomic E-state index is 5.70. The molecule has 3 heteroatoms. The molecule has 0 saturated carbocycles. The van der Waals surface area contributed by atoms with Crippen LogP contribution in [0.1, 0.15) is 5.56 Å². The van der Waals surface area contributed by atoms with Crippen molar-refractivity contribution in [1.29, 1.82) is 0 Å². The largest absolute Gasteiger partial charge is 0.356 e. The number of hydrogen-bond donors (Lipinski definition) is 0. The molecule has 0 saturated heterocycles. The van der Waals surface area contributed by atoms with Crippen molar-refractivity contribution in [2.24, 2.45) is 0 Å². The van der Waals surface area contributed by atoms with Gasteiger partial charge in [-0.1, -0.05) is 30.3 Å². The summed E-state index contributed by atoms with van der Waals surface area (Å²) in [5, 5.41) is 1.14. The summed E-state index contributed by atoms with van der Waals surface area (Å²) in [6.45, 7) is 1.14. The number of aromatic nitrogens is 2. The zero-order chi connectivity index (χ0) is 12.2. The molecule has 0 bridgehead atoms. The molecule has 0 aliphatic carbocycles. The van der Waals surface area contributed by atoms with Crippen LogP contribution >= 0.6 is 0 Å². The first kappa shape index (κ1) is 11.0. The Morgan fingerprint density at radius 1 is 1.00 bits per heavy atom. The van der Waals surface area contributed by atoms with Crippen molar-refractivity contribution in [3.63, 3.8) is 0 Å². The number of ether oxygens (including phenoxy) is 1. The lowest BCUT2D eigenvalue weighted by atomic mass is 10.2. The lowest BCUT2D eigenvalue weighted by Crippen LogP contribution is -2.02. The number of nitrogens with zero attached hydrogens (tertiary/aromatic N) is 2. The Labute approximate surface area is 106 Å². The molecule has 0 spiro atoms. The van der Waals surface area contributed by atoms with Gasteiger partial charge < -0.3 is 9.30 Å². The second kappa shape index (κ2) is 5.02. The van der Waals surface area contributed by atoms with Crippen molar-refractivity contribution in [3.05, 3.63) is 66.5 Å². The van der Waals surface area contributed by atoms with Gasteiger partial charge in [-0.3, -0.25) is 0 Å². The van der Waals surface area contributed by atoms with Gasteiger partial charge in [0.2, 0.25) is 0 Å². The second-order valence-electron chi connectivity index (χ2n) is 4.16. The smallest absolute Gasteiger partial charge is 0.141 e. The van der Waals surface area contributed by atoms with Gasteiger partial charge in [0.15, 0.2) is 0 Å². The number of pyridine rings is 1. The van der Waals surface area contributed by atoms with Crippen LogP contribution in [-0.4, -0.2) is 9.55 Å². The molecule has 3 aromatic rings. The highest BCUT2D eigenvalue weighted by atomic mass is 16.5. The van der Waals surface area contributed by atoms with Gasteiger partial charge in [-0.15, -0.1) is 0 Å². The molecule has 0 amide bonds. The van der Waals surface area contributed by atoms with Gasteiger partial charge in [-0.05, 0) is 23.8 Å². The van der Waals surface area contributed by atoms with Gasteiger partial charge in [0, 0.05) is 17.8 Å². The zero-order valence-electron chi connectivity index (χ0n) is 9.99. The highest BCUT2D eigenvalue weighted by molar-refractivity contribution is 5.75. The lowest BCUT2D eigenvalue weighted by molar-refractivity contribution is 0.0664. The predicted molar refractivity (Wildman–Crippen MR) is 71.0 cm³/mol. The van der Waals surface area contributed by atoms with Gasteiger partial charge >= 0.3 is 0 Å². The van der Waals surface area contributed by atoms with E-state index in [1.54, 1.807) is 6.20 Å². The fraction of sp³-hybridized carbons (Fsp3) is 0.133. The molecule has 90 valence electrons. The molecule has 2 aromatic heterocycles. The van der Waals surface area contributed by atoms with Crippen molar-refractivity contribution >= 4 is 11.0 Å². The van der Waals surface area contributed by atoms with Crippen LogP contribution in [0.2, 0.25) is 0 Å². The first-order valence-electron chi connectivity index (χ1n) is 5.95. The van der Waals surface area contributed by atoms with E-state index in [0.29, 0.717) is 13.3 Å². The monoisotopic (exact) mass is 238 g/mol. The maximum Gasteiger partial charge on any atom is 0.141 e. The van der Waals surface area contributed by atoms with E-state index in [2.05, 4.69) is 23.2 Å². The van der Waals surface area contributed by atoms with Crippen molar-refractivity contribution in [2.45, 2.75) is 13.3 Å². The standard InChI is InChI=1S/C15H14N2O/c1-2-5-13(6-3-1)11-18-12-17-10-8-14-7-4-9-16-15(14)17/h1-10H,11-12H2. The molecule has 0 atom stereocenters. The third-order valence-electron chi connectivity index (χ3n) is 2.86. The average Bonchev–Trinajstić information content (AvgIpc) is 2.84. The molecule has 0 aliphatic rings. The van der Waals surface area contributed by atoms with Crippen molar-refractivity contribution < 1.29 is 4.74 Å². The first-order valence-corrected chi connectivity index (χ1v) is 5.95. The fourth-order valence-corrected chi connectivity index (χ4v) is 1.96. The molecule has 0 unspecified atom stereocenters. The summed E-state index contributed by atoms with van der Waals surface area (Å²) in [6.07, 6.45) is 3.80. The van der Waals surface area contributed by atoms with E-state index in [4.69, 9.17) is 4.74 Å². The zero-order valence-corrected chi connectivity index (χ0v) is 9.99. The van der Waals surface area contributed by atoms with Crippen LogP contribution in [0.4, 0.5) is 0 Å². The Hall–Kier alpha value is -2.13. The summed E-state index contributed by atoms with van der Waals surface area (Å²) in [6, 6.07) is 16.2. The molecular formula is C15H14N2O. The van der Waals surface area contributed by atoms with Crippen molar-refractivity contribution in [2.75, 3.05) is 0 Å². The molecule has 18 heavy (non-hydrogen) atoms. The second-order valence-corrected chi connectivity index (χ2v) is 4.16. The molecule has 3 rings (SSSR count). The van der Waals surface area contributed by atoms with E-state index in [0.717, 1.165) is 11.0 Å². The molecule has 0 aliphatic heterocycles. The van der Waals surface area contributed by atoms with E-state index in [1.807, 2.05) is 41.1 Å². The van der Waals surface area contributed by atoms with Gasteiger partial charge in [-0.25, -0.2) is 4.98 Å². The Kier molecular flexibility index (Phi) is 3.07. The van der Waals surface area contributed by atoms with Crippen LogP contribution in [0.5, 0.6) is 0 Å². The molecule has 1 aromatic carbocycles. The van der Waals surface area contributed by atoms with Gasteiger partial charge in [-0.2, -0.15) is 0 Å². The van der Waals surface area contributed by atoms with E-state index >= 15 is 0 Å². The van der Waals surface area contributed by atoms with Crippen molar-refractivity contribution in [3.8, 4) is 0 Å². The number of hydrogen-bond acceptors (Lipinski definition) is 2. The van der Waals surface area contributed by atoms with E-state index in [9.17, 15) is 0 Å². The fourth-order valence-electron chi connectivity index (χ4n) is 1.96. The van der Waals surface area contributed by atoms with Crippen LogP contribution in [0.15, 0.2) is 60.9 Å². The summed E-state index contributed by atoms with van der Waals surface area (Å²) in [4.78, 5) is 4.35. The molecule has 0 N–H and O–H groups in total. The van der Waals surface area contributed by atoms with E-state index < -0.39 is 0 Å². The quantitative estimate of drug-likeness (QED) is 0.698. The van der Waals surface area contributed by atoms with Crippen molar-refractivity contribution in [1.82, 2.24) is 9.55 Å². The SMILES string of the molecule is c1ccc(COCn2ccc3cccnc32)cc1. The molecule has 3 nitrogen and oxygen atoms in total. The van der Waals surface area contributed by atoms with Crippen LogP contribution in [0.25, 0.3) is 11.0 Å².